The molecule has 0 spiro atoms. The van der Waals surface area contributed by atoms with Gasteiger partial charge in [-0.25, -0.2) is 0 Å². The van der Waals surface area contributed by atoms with Gasteiger partial charge in [-0.2, -0.15) is 0 Å². The van der Waals surface area contributed by atoms with Crippen molar-refractivity contribution < 1.29 is 10.2 Å². The molecule has 56 valence electrons. The molecule has 0 aliphatic rings. The Morgan fingerprint density at radius 3 is 1.67 bits per heavy atom. The van der Waals surface area contributed by atoms with E-state index in [1.807, 2.05) is 0 Å². The summed E-state index contributed by atoms with van der Waals surface area (Å²) in [5.41, 5.74) is 8.97. The molecule has 0 rings (SSSR count). The van der Waals surface area contributed by atoms with Crippen LogP contribution in [0.15, 0.2) is 0 Å². The van der Waals surface area contributed by atoms with Gasteiger partial charge in [0.15, 0.2) is 0 Å². The molecule has 0 aliphatic heterocycles. The van der Waals surface area contributed by atoms with Crippen LogP contribution in [-0.4, -0.2) is 28.1 Å². The molecule has 0 saturated heterocycles. The Labute approximate surface area is 54.5 Å². The maximum absolute atomic E-state index is 9.05. The molecule has 0 fully saturated rings. The standard InChI is InChI=1S/C5H14N2O2/c1-5(2,9)3(8)4(6)7/h3-4,8-9H,6-7H2,1-2H3. The Balaban J connectivity index is 3.88. The van der Waals surface area contributed by atoms with Crippen LogP contribution in [0.3, 0.4) is 0 Å². The van der Waals surface area contributed by atoms with Crippen LogP contribution in [0.4, 0.5) is 0 Å². The van der Waals surface area contributed by atoms with Gasteiger partial charge in [-0.15, -0.1) is 0 Å². The third kappa shape index (κ3) is 2.76. The molecule has 0 aliphatic carbocycles. The van der Waals surface area contributed by atoms with E-state index in [1.54, 1.807) is 0 Å². The molecule has 0 radical (unpaired) electrons. The summed E-state index contributed by atoms with van der Waals surface area (Å²) < 4.78 is 0. The summed E-state index contributed by atoms with van der Waals surface area (Å²) >= 11 is 0. The van der Waals surface area contributed by atoms with E-state index in [1.165, 1.54) is 13.8 Å². The molecule has 0 bridgehead atoms. The SMILES string of the molecule is CC(C)(O)C(O)C(N)N. The second-order valence-electron chi connectivity index (χ2n) is 2.68. The number of hydrogen-bond donors (Lipinski definition) is 4. The molecule has 0 aromatic rings. The Bertz CT molecular complexity index is 87.4. The van der Waals surface area contributed by atoms with E-state index in [4.69, 9.17) is 21.7 Å². The molecule has 0 heterocycles. The average Bonchev–Trinajstić information content (AvgIpc) is 1.62. The van der Waals surface area contributed by atoms with Gasteiger partial charge in [-0.3, -0.25) is 0 Å². The second kappa shape index (κ2) is 2.62. The Kier molecular flexibility index (Phi) is 2.57. The molecule has 6 N–H and O–H groups in total. The van der Waals surface area contributed by atoms with E-state index in [0.717, 1.165) is 0 Å². The quantitative estimate of drug-likeness (QED) is 0.341. The summed E-state index contributed by atoms with van der Waals surface area (Å²) in [7, 11) is 0. The van der Waals surface area contributed by atoms with Crippen LogP contribution in [-0.2, 0) is 0 Å². The van der Waals surface area contributed by atoms with E-state index >= 15 is 0 Å². The number of nitrogens with two attached hydrogens (primary N) is 2. The average molecular weight is 134 g/mol. The molecule has 0 aromatic heterocycles. The fourth-order valence-electron chi connectivity index (χ4n) is 0.471. The van der Waals surface area contributed by atoms with Crippen molar-refractivity contribution in [2.45, 2.75) is 31.7 Å². The third-order valence-electron chi connectivity index (χ3n) is 1.09. The highest BCUT2D eigenvalue weighted by Crippen LogP contribution is 2.07. The summed E-state index contributed by atoms with van der Waals surface area (Å²) in [6.07, 6.45) is -1.96. The summed E-state index contributed by atoms with van der Waals surface area (Å²) in [4.78, 5) is 0. The van der Waals surface area contributed by atoms with Gasteiger partial charge in [0, 0.05) is 0 Å². The fraction of sp³-hybridized carbons (Fsp3) is 1.00. The lowest BCUT2D eigenvalue weighted by atomic mass is 10.0. The van der Waals surface area contributed by atoms with Crippen molar-refractivity contribution in [2.75, 3.05) is 0 Å². The van der Waals surface area contributed by atoms with Crippen molar-refractivity contribution >= 4 is 0 Å². The molecule has 4 heteroatoms. The zero-order valence-electron chi connectivity index (χ0n) is 5.70. The lowest BCUT2D eigenvalue weighted by Gasteiger charge is -2.26. The van der Waals surface area contributed by atoms with Crippen LogP contribution in [0.2, 0.25) is 0 Å². The van der Waals surface area contributed by atoms with Crippen molar-refractivity contribution in [1.82, 2.24) is 0 Å². The number of hydrogen-bond acceptors (Lipinski definition) is 4. The van der Waals surface area contributed by atoms with Gasteiger partial charge < -0.3 is 21.7 Å². The fourth-order valence-corrected chi connectivity index (χ4v) is 0.471. The summed E-state index contributed by atoms with van der Waals surface area (Å²) in [5.74, 6) is 0. The maximum Gasteiger partial charge on any atom is 0.110 e. The topological polar surface area (TPSA) is 92.5 Å². The Hall–Kier alpha value is -0.160. The molecular weight excluding hydrogens is 120 g/mol. The van der Waals surface area contributed by atoms with E-state index in [2.05, 4.69) is 0 Å². The number of aliphatic hydroxyl groups excluding tert-OH is 1. The van der Waals surface area contributed by atoms with Gasteiger partial charge in [-0.05, 0) is 13.8 Å². The zero-order valence-corrected chi connectivity index (χ0v) is 5.70. The monoisotopic (exact) mass is 134 g/mol. The first-order valence-electron chi connectivity index (χ1n) is 2.77. The van der Waals surface area contributed by atoms with Crippen LogP contribution in [0.25, 0.3) is 0 Å². The predicted octanol–water partition coefficient (Wildman–Crippen LogP) is -1.64. The van der Waals surface area contributed by atoms with Gasteiger partial charge in [0.2, 0.25) is 0 Å². The molecular formula is C5H14N2O2. The third-order valence-corrected chi connectivity index (χ3v) is 1.09. The van der Waals surface area contributed by atoms with E-state index in [0.29, 0.717) is 0 Å². The van der Waals surface area contributed by atoms with Crippen LogP contribution in [0, 0.1) is 0 Å². The lowest BCUT2D eigenvalue weighted by molar-refractivity contribution is -0.0584. The van der Waals surface area contributed by atoms with Gasteiger partial charge in [-0.1, -0.05) is 0 Å². The predicted molar refractivity (Wildman–Crippen MR) is 34.5 cm³/mol. The summed E-state index contributed by atoms with van der Waals surface area (Å²) in [6.45, 7) is 2.90. The van der Waals surface area contributed by atoms with Crippen molar-refractivity contribution in [2.24, 2.45) is 11.5 Å². The van der Waals surface area contributed by atoms with Gasteiger partial charge in [0.25, 0.3) is 0 Å². The first-order valence-corrected chi connectivity index (χ1v) is 2.77. The molecule has 1 unspecified atom stereocenters. The molecule has 0 saturated carbocycles. The Morgan fingerprint density at radius 2 is 1.67 bits per heavy atom. The number of rotatable bonds is 2. The van der Waals surface area contributed by atoms with Crippen molar-refractivity contribution in [1.29, 1.82) is 0 Å². The molecule has 4 nitrogen and oxygen atoms in total. The van der Waals surface area contributed by atoms with Crippen molar-refractivity contribution in [3.63, 3.8) is 0 Å². The van der Waals surface area contributed by atoms with Gasteiger partial charge in [0.05, 0.1) is 11.8 Å². The normalized spacial score (nSPS) is 16.3. The molecule has 1 atom stereocenters. The molecule has 9 heavy (non-hydrogen) atoms. The summed E-state index contributed by atoms with van der Waals surface area (Å²) in [5, 5.41) is 18.0. The minimum atomic E-state index is -1.21. The van der Waals surface area contributed by atoms with Gasteiger partial charge in [0.1, 0.15) is 6.10 Å². The second-order valence-corrected chi connectivity index (χ2v) is 2.68. The smallest absolute Gasteiger partial charge is 0.110 e. The van der Waals surface area contributed by atoms with Crippen molar-refractivity contribution in [3.05, 3.63) is 0 Å². The minimum absolute atomic E-state index is 0.884. The van der Waals surface area contributed by atoms with Crippen LogP contribution in [0.5, 0.6) is 0 Å². The molecule has 0 aromatic carbocycles. The number of aliphatic hydroxyl groups is 2. The maximum atomic E-state index is 9.05. The van der Waals surface area contributed by atoms with Gasteiger partial charge >= 0.3 is 0 Å². The highest BCUT2D eigenvalue weighted by atomic mass is 16.3. The van der Waals surface area contributed by atoms with Crippen LogP contribution < -0.4 is 11.5 Å². The van der Waals surface area contributed by atoms with E-state index < -0.39 is 17.9 Å². The highest BCUT2D eigenvalue weighted by Gasteiger charge is 2.27. The first-order chi connectivity index (χ1) is 3.85. The largest absolute Gasteiger partial charge is 0.388 e. The highest BCUT2D eigenvalue weighted by molar-refractivity contribution is 4.81. The summed E-state index contributed by atoms with van der Waals surface area (Å²) in [6, 6.07) is 0. The van der Waals surface area contributed by atoms with Crippen LogP contribution >= 0.6 is 0 Å². The lowest BCUT2D eigenvalue weighted by Crippen LogP contribution is -2.53. The van der Waals surface area contributed by atoms with E-state index in [-0.39, 0.29) is 0 Å². The van der Waals surface area contributed by atoms with Crippen LogP contribution in [0.1, 0.15) is 13.8 Å². The molecule has 0 amide bonds. The zero-order chi connectivity index (χ0) is 7.65. The first kappa shape index (κ1) is 8.84. The Morgan fingerprint density at radius 1 is 1.33 bits per heavy atom. The minimum Gasteiger partial charge on any atom is -0.388 e. The van der Waals surface area contributed by atoms with E-state index in [9.17, 15) is 0 Å². The van der Waals surface area contributed by atoms with Crippen molar-refractivity contribution in [3.8, 4) is 0 Å².